The monoisotopic (exact) mass is 182 g/mol. The molecule has 0 N–H and O–H groups in total. The zero-order valence-corrected chi connectivity index (χ0v) is 8.57. The summed E-state index contributed by atoms with van der Waals surface area (Å²) >= 11 is 1.64. The Balaban J connectivity index is 2.72. The van der Waals surface area contributed by atoms with Crippen LogP contribution in [0.25, 0.3) is 0 Å². The number of hydrogen-bond acceptors (Lipinski definition) is 2. The second-order valence-corrected chi connectivity index (χ2v) is 4.53. The van der Waals surface area contributed by atoms with Crippen LogP contribution in [-0.4, -0.2) is 5.78 Å². The van der Waals surface area contributed by atoms with E-state index in [-0.39, 0.29) is 5.78 Å². The Morgan fingerprint density at radius 3 is 2.67 bits per heavy atom. The second-order valence-electron chi connectivity index (χ2n) is 3.41. The molecule has 0 radical (unpaired) electrons. The average molecular weight is 182 g/mol. The van der Waals surface area contributed by atoms with Crippen molar-refractivity contribution in [2.75, 3.05) is 0 Å². The largest absolute Gasteiger partial charge is 0.294 e. The lowest BCUT2D eigenvalue weighted by molar-refractivity contribution is 0.0968. The molecule has 1 heterocycles. The van der Waals surface area contributed by atoms with E-state index < -0.39 is 0 Å². The van der Waals surface area contributed by atoms with Gasteiger partial charge in [-0.1, -0.05) is 13.8 Å². The highest BCUT2D eigenvalue weighted by Gasteiger charge is 2.10. The molecule has 0 amide bonds. The zero-order valence-electron chi connectivity index (χ0n) is 7.76. The van der Waals surface area contributed by atoms with Gasteiger partial charge in [-0.2, -0.15) is 0 Å². The molecule has 0 saturated heterocycles. The van der Waals surface area contributed by atoms with E-state index in [2.05, 4.69) is 13.8 Å². The van der Waals surface area contributed by atoms with Gasteiger partial charge in [0.2, 0.25) is 0 Å². The summed E-state index contributed by atoms with van der Waals surface area (Å²) in [6.07, 6.45) is 0.664. The SMILES string of the molecule is Cc1sccc1C(=O)CC(C)C. The van der Waals surface area contributed by atoms with Gasteiger partial charge in [0, 0.05) is 16.9 Å². The van der Waals surface area contributed by atoms with Crippen LogP contribution < -0.4 is 0 Å². The molecule has 1 aromatic heterocycles. The quantitative estimate of drug-likeness (QED) is 0.656. The summed E-state index contributed by atoms with van der Waals surface area (Å²) in [6, 6.07) is 1.92. The summed E-state index contributed by atoms with van der Waals surface area (Å²) in [5, 5.41) is 1.98. The fraction of sp³-hybridized carbons (Fsp3) is 0.500. The molecule has 0 fully saturated rings. The van der Waals surface area contributed by atoms with Crippen LogP contribution in [0.15, 0.2) is 11.4 Å². The van der Waals surface area contributed by atoms with Gasteiger partial charge >= 0.3 is 0 Å². The van der Waals surface area contributed by atoms with Crippen LogP contribution in [0.3, 0.4) is 0 Å². The molecule has 0 aliphatic carbocycles. The average Bonchev–Trinajstić information content (AvgIpc) is 2.33. The fourth-order valence-electron chi connectivity index (χ4n) is 1.15. The normalized spacial score (nSPS) is 10.7. The lowest BCUT2D eigenvalue weighted by atomic mass is 10.0. The first-order valence-electron chi connectivity index (χ1n) is 4.18. The minimum atomic E-state index is 0.281. The molecule has 1 nitrogen and oxygen atoms in total. The minimum absolute atomic E-state index is 0.281. The molecule has 0 aromatic carbocycles. The Bertz CT molecular complexity index is 273. The van der Waals surface area contributed by atoms with Crippen molar-refractivity contribution in [1.82, 2.24) is 0 Å². The van der Waals surface area contributed by atoms with E-state index in [0.717, 1.165) is 10.4 Å². The zero-order chi connectivity index (χ0) is 9.14. The van der Waals surface area contributed by atoms with Crippen LogP contribution in [0.2, 0.25) is 0 Å². The topological polar surface area (TPSA) is 17.1 Å². The molecule has 12 heavy (non-hydrogen) atoms. The summed E-state index contributed by atoms with van der Waals surface area (Å²) < 4.78 is 0. The van der Waals surface area contributed by atoms with Crippen molar-refractivity contribution in [3.05, 3.63) is 21.9 Å². The predicted octanol–water partition coefficient (Wildman–Crippen LogP) is 3.29. The molecule has 1 aromatic rings. The molecule has 0 aliphatic heterocycles. The Morgan fingerprint density at radius 1 is 1.58 bits per heavy atom. The van der Waals surface area contributed by atoms with Crippen molar-refractivity contribution in [2.24, 2.45) is 5.92 Å². The third-order valence-corrected chi connectivity index (χ3v) is 2.60. The van der Waals surface area contributed by atoms with Crippen molar-refractivity contribution in [3.63, 3.8) is 0 Å². The summed E-state index contributed by atoms with van der Waals surface area (Å²) in [4.78, 5) is 12.7. The van der Waals surface area contributed by atoms with Crippen molar-refractivity contribution in [2.45, 2.75) is 27.2 Å². The van der Waals surface area contributed by atoms with E-state index in [4.69, 9.17) is 0 Å². The van der Waals surface area contributed by atoms with Gasteiger partial charge in [-0.15, -0.1) is 11.3 Å². The maximum absolute atomic E-state index is 11.5. The van der Waals surface area contributed by atoms with Crippen LogP contribution in [0.4, 0.5) is 0 Å². The van der Waals surface area contributed by atoms with Gasteiger partial charge in [0.15, 0.2) is 5.78 Å². The van der Waals surface area contributed by atoms with Gasteiger partial charge < -0.3 is 0 Å². The molecular formula is C10H14OS. The highest BCUT2D eigenvalue weighted by molar-refractivity contribution is 7.10. The summed E-state index contributed by atoms with van der Waals surface area (Å²) in [7, 11) is 0. The summed E-state index contributed by atoms with van der Waals surface area (Å²) in [6.45, 7) is 6.14. The van der Waals surface area contributed by atoms with E-state index in [9.17, 15) is 4.79 Å². The number of carbonyl (C=O) groups excluding carboxylic acids is 1. The van der Waals surface area contributed by atoms with Crippen molar-refractivity contribution in [3.8, 4) is 0 Å². The lowest BCUT2D eigenvalue weighted by Gasteiger charge is -2.02. The number of rotatable bonds is 3. The molecular weight excluding hydrogens is 168 g/mol. The summed E-state index contributed by atoms with van der Waals surface area (Å²) in [5.74, 6) is 0.737. The number of carbonyl (C=O) groups is 1. The molecule has 0 saturated carbocycles. The first-order valence-corrected chi connectivity index (χ1v) is 5.06. The van der Waals surface area contributed by atoms with Gasteiger partial charge in [-0.25, -0.2) is 0 Å². The number of ketones is 1. The number of aryl methyl sites for hydroxylation is 1. The fourth-order valence-corrected chi connectivity index (χ4v) is 1.87. The maximum atomic E-state index is 11.5. The smallest absolute Gasteiger partial charge is 0.164 e. The Morgan fingerprint density at radius 2 is 2.25 bits per heavy atom. The van der Waals surface area contributed by atoms with E-state index >= 15 is 0 Å². The third kappa shape index (κ3) is 2.18. The van der Waals surface area contributed by atoms with Crippen LogP contribution in [0.1, 0.15) is 35.5 Å². The second kappa shape index (κ2) is 3.85. The first kappa shape index (κ1) is 9.46. The molecule has 2 heteroatoms. The van der Waals surface area contributed by atoms with E-state index in [0.29, 0.717) is 12.3 Å². The Kier molecular flexibility index (Phi) is 3.04. The number of hydrogen-bond donors (Lipinski definition) is 0. The van der Waals surface area contributed by atoms with Gasteiger partial charge in [0.05, 0.1) is 0 Å². The van der Waals surface area contributed by atoms with Gasteiger partial charge in [0.1, 0.15) is 0 Å². The molecule has 0 aliphatic rings. The van der Waals surface area contributed by atoms with Crippen molar-refractivity contribution < 1.29 is 4.79 Å². The highest BCUT2D eigenvalue weighted by atomic mass is 32.1. The number of thiophene rings is 1. The van der Waals surface area contributed by atoms with Crippen LogP contribution in [0.5, 0.6) is 0 Å². The van der Waals surface area contributed by atoms with Crippen LogP contribution in [0, 0.1) is 12.8 Å². The van der Waals surface area contributed by atoms with Gasteiger partial charge in [-0.3, -0.25) is 4.79 Å². The minimum Gasteiger partial charge on any atom is -0.294 e. The third-order valence-electron chi connectivity index (χ3n) is 1.75. The van der Waals surface area contributed by atoms with Crippen molar-refractivity contribution in [1.29, 1.82) is 0 Å². The number of Topliss-reactive ketones (excluding diaryl/α,β-unsaturated/α-hetero) is 1. The molecule has 0 spiro atoms. The summed E-state index contributed by atoms with van der Waals surface area (Å²) in [5.41, 5.74) is 0.911. The first-order chi connectivity index (χ1) is 5.61. The molecule has 1 rings (SSSR count). The van der Waals surface area contributed by atoms with E-state index in [1.807, 2.05) is 18.4 Å². The van der Waals surface area contributed by atoms with Crippen LogP contribution in [-0.2, 0) is 0 Å². The maximum Gasteiger partial charge on any atom is 0.164 e. The Labute approximate surface area is 77.4 Å². The molecule has 66 valence electrons. The Hall–Kier alpha value is -0.630. The van der Waals surface area contributed by atoms with E-state index in [1.54, 1.807) is 11.3 Å². The van der Waals surface area contributed by atoms with Crippen LogP contribution >= 0.6 is 11.3 Å². The van der Waals surface area contributed by atoms with Crippen molar-refractivity contribution >= 4 is 17.1 Å². The van der Waals surface area contributed by atoms with E-state index in [1.165, 1.54) is 0 Å². The molecule has 0 bridgehead atoms. The van der Waals surface area contributed by atoms with Gasteiger partial charge in [-0.05, 0) is 24.3 Å². The molecule has 0 atom stereocenters. The lowest BCUT2D eigenvalue weighted by Crippen LogP contribution is -2.03. The molecule has 0 unspecified atom stereocenters. The standard InChI is InChI=1S/C10H14OS/c1-7(2)6-10(11)9-4-5-12-8(9)3/h4-5,7H,6H2,1-3H3. The highest BCUT2D eigenvalue weighted by Crippen LogP contribution is 2.18. The van der Waals surface area contributed by atoms with Gasteiger partial charge in [0.25, 0.3) is 0 Å². The predicted molar refractivity (Wildman–Crippen MR) is 52.8 cm³/mol.